The van der Waals surface area contributed by atoms with Crippen LogP contribution >= 0.6 is 35.3 Å². The summed E-state index contributed by atoms with van der Waals surface area (Å²) in [4.78, 5) is 24.9. The molecule has 0 aliphatic carbocycles. The fraction of sp³-hybridized carbons (Fsp3) is 0.200. The maximum absolute atomic E-state index is 12.6. The highest BCUT2D eigenvalue weighted by Gasteiger charge is 2.19. The Hall–Kier alpha value is -1.36. The van der Waals surface area contributed by atoms with Gasteiger partial charge >= 0.3 is 0 Å². The van der Waals surface area contributed by atoms with Gasteiger partial charge in [-0.1, -0.05) is 30.7 Å². The molecule has 3 nitrogen and oxygen atoms in total. The minimum atomic E-state index is -0.192. The van der Waals surface area contributed by atoms with Crippen molar-refractivity contribution in [1.29, 1.82) is 0 Å². The maximum atomic E-state index is 12.6. The number of ketones is 1. The molecule has 0 saturated carbocycles. The van der Waals surface area contributed by atoms with Crippen molar-refractivity contribution >= 4 is 52.0 Å². The molecule has 1 N–H and O–H groups in total. The molecule has 0 radical (unpaired) electrons. The Morgan fingerprint density at radius 1 is 1.24 bits per heavy atom. The molecular weight excluding hydrogens is 329 g/mol. The van der Waals surface area contributed by atoms with Crippen molar-refractivity contribution in [2.24, 2.45) is 0 Å². The number of carbonyl (C=O) groups excluding carboxylic acids is 2. The third-order valence-electron chi connectivity index (χ3n) is 2.78. The van der Waals surface area contributed by atoms with Crippen LogP contribution in [-0.4, -0.2) is 11.7 Å². The molecule has 6 heteroatoms. The van der Waals surface area contributed by atoms with E-state index in [1.807, 2.05) is 13.0 Å². The van der Waals surface area contributed by atoms with Crippen molar-refractivity contribution in [1.82, 2.24) is 0 Å². The standard InChI is InChI=1S/C15H14ClNO2S.ClH/c1-3-10-8-12(15(20-10)17-9(2)18)14(19)11-6-4-5-7-13(11)16;/h4-8H,3H2,1-2H3,(H,17,18);1H. The predicted octanol–water partition coefficient (Wildman–Crippen LogP) is 4.58. The molecule has 0 aliphatic rings. The van der Waals surface area contributed by atoms with Gasteiger partial charge in [0.15, 0.2) is 5.78 Å². The molecule has 2 rings (SSSR count). The first-order chi connectivity index (χ1) is 9.52. The molecule has 112 valence electrons. The van der Waals surface area contributed by atoms with Gasteiger partial charge in [0.1, 0.15) is 5.00 Å². The van der Waals surface area contributed by atoms with Gasteiger partial charge in [0, 0.05) is 17.4 Å². The first kappa shape index (κ1) is 17.7. The zero-order valence-corrected chi connectivity index (χ0v) is 14.0. The molecule has 0 aliphatic heterocycles. The zero-order chi connectivity index (χ0) is 14.7. The van der Waals surface area contributed by atoms with Crippen LogP contribution < -0.4 is 5.32 Å². The van der Waals surface area contributed by atoms with E-state index in [4.69, 9.17) is 11.6 Å². The van der Waals surface area contributed by atoms with Crippen molar-refractivity contribution in [3.05, 3.63) is 51.4 Å². The number of hydrogen-bond donors (Lipinski definition) is 1. The number of halogens is 2. The number of nitrogens with one attached hydrogen (secondary N) is 1. The highest BCUT2D eigenvalue weighted by molar-refractivity contribution is 7.16. The van der Waals surface area contributed by atoms with E-state index >= 15 is 0 Å². The minimum absolute atomic E-state index is 0. The molecular formula is C15H15Cl2NO2S. The first-order valence-electron chi connectivity index (χ1n) is 6.22. The average molecular weight is 344 g/mol. The molecule has 0 unspecified atom stereocenters. The summed E-state index contributed by atoms with van der Waals surface area (Å²) in [6.45, 7) is 3.43. The van der Waals surface area contributed by atoms with Crippen LogP contribution in [0.25, 0.3) is 0 Å². The van der Waals surface area contributed by atoms with Crippen LogP contribution in [0.3, 0.4) is 0 Å². The van der Waals surface area contributed by atoms with Crippen molar-refractivity contribution in [2.75, 3.05) is 5.32 Å². The Morgan fingerprint density at radius 3 is 2.48 bits per heavy atom. The quantitative estimate of drug-likeness (QED) is 0.826. The summed E-state index contributed by atoms with van der Waals surface area (Å²) < 4.78 is 0. The lowest BCUT2D eigenvalue weighted by molar-refractivity contribution is -0.114. The van der Waals surface area contributed by atoms with Crippen molar-refractivity contribution in [3.8, 4) is 0 Å². The zero-order valence-electron chi connectivity index (χ0n) is 11.6. The second kappa shape index (κ2) is 7.59. The van der Waals surface area contributed by atoms with E-state index in [0.717, 1.165) is 11.3 Å². The van der Waals surface area contributed by atoms with Gasteiger partial charge in [0.2, 0.25) is 5.91 Å². The monoisotopic (exact) mass is 343 g/mol. The Morgan fingerprint density at radius 2 is 1.90 bits per heavy atom. The highest BCUT2D eigenvalue weighted by Crippen LogP contribution is 2.31. The topological polar surface area (TPSA) is 46.2 Å². The van der Waals surface area contributed by atoms with Gasteiger partial charge in [-0.3, -0.25) is 9.59 Å². The number of rotatable bonds is 4. The van der Waals surface area contributed by atoms with E-state index in [-0.39, 0.29) is 24.1 Å². The van der Waals surface area contributed by atoms with E-state index in [9.17, 15) is 9.59 Å². The van der Waals surface area contributed by atoms with Crippen LogP contribution in [0.1, 0.15) is 34.6 Å². The Bertz CT molecular complexity index is 667. The van der Waals surface area contributed by atoms with Gasteiger partial charge in [0.25, 0.3) is 0 Å². The van der Waals surface area contributed by atoms with Gasteiger partial charge in [-0.2, -0.15) is 0 Å². The average Bonchev–Trinajstić information content (AvgIpc) is 2.81. The summed E-state index contributed by atoms with van der Waals surface area (Å²) in [6, 6.07) is 8.73. The third-order valence-corrected chi connectivity index (χ3v) is 4.31. The van der Waals surface area contributed by atoms with E-state index in [2.05, 4.69) is 5.32 Å². The Balaban J connectivity index is 0.00000220. The van der Waals surface area contributed by atoms with E-state index in [1.54, 1.807) is 24.3 Å². The summed E-state index contributed by atoms with van der Waals surface area (Å²) in [5.41, 5.74) is 0.941. The summed E-state index contributed by atoms with van der Waals surface area (Å²) >= 11 is 7.48. The number of hydrogen-bond acceptors (Lipinski definition) is 3. The second-order valence-electron chi connectivity index (χ2n) is 4.30. The minimum Gasteiger partial charge on any atom is -0.317 e. The SMILES string of the molecule is CCc1cc(C(=O)c2ccccc2Cl)c(NC(C)=O)s1.Cl. The number of amides is 1. The van der Waals surface area contributed by atoms with E-state index in [0.29, 0.717) is 21.2 Å². The van der Waals surface area contributed by atoms with Crippen LogP contribution in [0.4, 0.5) is 5.00 Å². The first-order valence-corrected chi connectivity index (χ1v) is 7.42. The molecule has 1 aromatic heterocycles. The molecule has 1 amide bonds. The van der Waals surface area contributed by atoms with Gasteiger partial charge in [0.05, 0.1) is 10.6 Å². The van der Waals surface area contributed by atoms with E-state index < -0.39 is 0 Å². The summed E-state index contributed by atoms with van der Waals surface area (Å²) in [7, 11) is 0. The lowest BCUT2D eigenvalue weighted by Gasteiger charge is -2.05. The number of carbonyl (C=O) groups is 2. The molecule has 2 aromatic rings. The predicted molar refractivity (Wildman–Crippen MR) is 90.1 cm³/mol. The Labute approximate surface area is 138 Å². The second-order valence-corrected chi connectivity index (χ2v) is 5.84. The summed E-state index contributed by atoms with van der Waals surface area (Å²) in [5.74, 6) is -0.363. The molecule has 1 heterocycles. The van der Waals surface area contributed by atoms with Crippen molar-refractivity contribution in [2.45, 2.75) is 20.3 Å². The van der Waals surface area contributed by atoms with Crippen LogP contribution in [0.15, 0.2) is 30.3 Å². The summed E-state index contributed by atoms with van der Waals surface area (Å²) in [5, 5.41) is 3.71. The van der Waals surface area contributed by atoms with Crippen molar-refractivity contribution < 1.29 is 9.59 Å². The van der Waals surface area contributed by atoms with Gasteiger partial charge in [-0.25, -0.2) is 0 Å². The molecule has 0 saturated heterocycles. The Kier molecular flexibility index (Phi) is 6.40. The van der Waals surface area contributed by atoms with Crippen molar-refractivity contribution in [3.63, 3.8) is 0 Å². The highest BCUT2D eigenvalue weighted by atomic mass is 35.5. The smallest absolute Gasteiger partial charge is 0.221 e. The lowest BCUT2D eigenvalue weighted by atomic mass is 10.0. The van der Waals surface area contributed by atoms with Crippen LogP contribution in [0.5, 0.6) is 0 Å². The number of thiophene rings is 1. The number of benzene rings is 1. The summed E-state index contributed by atoms with van der Waals surface area (Å²) in [6.07, 6.45) is 0.813. The normalized spacial score (nSPS) is 9.86. The van der Waals surface area contributed by atoms with Gasteiger partial charge < -0.3 is 5.32 Å². The van der Waals surface area contributed by atoms with Crippen LogP contribution in [-0.2, 0) is 11.2 Å². The number of anilines is 1. The lowest BCUT2D eigenvalue weighted by Crippen LogP contribution is -2.09. The van der Waals surface area contributed by atoms with E-state index in [1.165, 1.54) is 18.3 Å². The molecule has 0 bridgehead atoms. The largest absolute Gasteiger partial charge is 0.317 e. The van der Waals surface area contributed by atoms with Crippen LogP contribution in [0.2, 0.25) is 5.02 Å². The van der Waals surface area contributed by atoms with Crippen LogP contribution in [0, 0.1) is 0 Å². The molecule has 0 spiro atoms. The fourth-order valence-electron chi connectivity index (χ4n) is 1.83. The third kappa shape index (κ3) is 4.06. The molecule has 0 fully saturated rings. The van der Waals surface area contributed by atoms with Gasteiger partial charge in [-0.05, 0) is 24.6 Å². The molecule has 1 aromatic carbocycles. The number of aryl methyl sites for hydroxylation is 1. The molecule has 0 atom stereocenters. The van der Waals surface area contributed by atoms with Gasteiger partial charge in [-0.15, -0.1) is 23.7 Å². The maximum Gasteiger partial charge on any atom is 0.221 e. The molecule has 21 heavy (non-hydrogen) atoms. The fourth-order valence-corrected chi connectivity index (χ4v) is 3.09.